The average Bonchev–Trinajstić information content (AvgIpc) is 2.71. The first-order valence-corrected chi connectivity index (χ1v) is 5.01. The Bertz CT molecular complexity index is 99.4. The van der Waals surface area contributed by atoms with Crippen molar-refractivity contribution in [2.24, 2.45) is 0 Å². The highest BCUT2D eigenvalue weighted by molar-refractivity contribution is 7.99. The molecule has 0 atom stereocenters. The highest BCUT2D eigenvalue weighted by atomic mass is 32.2. The van der Waals surface area contributed by atoms with E-state index in [0.29, 0.717) is 0 Å². The minimum Gasteiger partial charge on any atom is -0.313 e. The van der Waals surface area contributed by atoms with Gasteiger partial charge in [0, 0.05) is 24.1 Å². The minimum absolute atomic E-state index is 0.865. The Morgan fingerprint density at radius 3 is 3.00 bits per heavy atom. The zero-order chi connectivity index (χ0) is 7.23. The van der Waals surface area contributed by atoms with Crippen LogP contribution in [0.4, 0.5) is 0 Å². The third-order valence-corrected chi connectivity index (χ3v) is 2.46. The number of hydrogen-bond donors (Lipinski definition) is 1. The summed E-state index contributed by atoms with van der Waals surface area (Å²) in [6, 6.07) is 0.865. The van der Waals surface area contributed by atoms with Crippen molar-refractivity contribution in [2.75, 3.05) is 18.1 Å². The Hall–Kier alpha value is 0.0500. The van der Waals surface area contributed by atoms with Crippen LogP contribution in [0, 0.1) is 0 Å². The van der Waals surface area contributed by atoms with Gasteiger partial charge in [0.25, 0.3) is 0 Å². The molecule has 0 bridgehead atoms. The summed E-state index contributed by atoms with van der Waals surface area (Å²) < 4.78 is 0. The van der Waals surface area contributed by atoms with Crippen LogP contribution in [0.25, 0.3) is 0 Å². The zero-order valence-corrected chi connectivity index (χ0v) is 7.12. The lowest BCUT2D eigenvalue weighted by Crippen LogP contribution is -2.19. The molecule has 0 heterocycles. The van der Waals surface area contributed by atoms with E-state index in [0.717, 1.165) is 11.8 Å². The Balaban J connectivity index is 1.72. The van der Waals surface area contributed by atoms with Gasteiger partial charge >= 0.3 is 0 Å². The quantitative estimate of drug-likeness (QED) is 0.465. The predicted molar refractivity (Wildman–Crippen MR) is 48.5 cm³/mol. The van der Waals surface area contributed by atoms with Gasteiger partial charge in [0.15, 0.2) is 0 Å². The first-order chi connectivity index (χ1) is 4.93. The van der Waals surface area contributed by atoms with Gasteiger partial charge in [-0.1, -0.05) is 6.08 Å². The summed E-state index contributed by atoms with van der Waals surface area (Å²) in [5.41, 5.74) is 0. The van der Waals surface area contributed by atoms with Crippen molar-refractivity contribution in [1.29, 1.82) is 0 Å². The van der Waals surface area contributed by atoms with E-state index in [1.807, 2.05) is 17.8 Å². The van der Waals surface area contributed by atoms with E-state index < -0.39 is 0 Å². The normalized spacial score (nSPS) is 17.2. The fraction of sp³-hybridized carbons (Fsp3) is 0.750. The van der Waals surface area contributed by atoms with Crippen molar-refractivity contribution in [1.82, 2.24) is 5.32 Å². The lowest BCUT2D eigenvalue weighted by Gasteiger charge is -1.99. The molecule has 1 saturated carbocycles. The van der Waals surface area contributed by atoms with Crippen molar-refractivity contribution in [3.63, 3.8) is 0 Å². The summed E-state index contributed by atoms with van der Waals surface area (Å²) in [6.45, 7) is 4.83. The van der Waals surface area contributed by atoms with Gasteiger partial charge in [-0.25, -0.2) is 0 Å². The molecule has 0 saturated heterocycles. The molecule has 1 N–H and O–H groups in total. The van der Waals surface area contributed by atoms with Crippen molar-refractivity contribution >= 4 is 11.8 Å². The smallest absolute Gasteiger partial charge is 0.0111 e. The summed E-state index contributed by atoms with van der Waals surface area (Å²) in [7, 11) is 0. The summed E-state index contributed by atoms with van der Waals surface area (Å²) in [5.74, 6) is 2.31. The standard InChI is InChI=1S/C8H15NS/c1-2-6-10-7-5-9-8-3-4-8/h2,8-9H,1,3-7H2. The van der Waals surface area contributed by atoms with Crippen LogP contribution in [-0.2, 0) is 0 Å². The maximum Gasteiger partial charge on any atom is 0.0111 e. The molecule has 0 aromatic carbocycles. The van der Waals surface area contributed by atoms with Crippen LogP contribution in [0.1, 0.15) is 12.8 Å². The molecule has 1 nitrogen and oxygen atoms in total. The van der Waals surface area contributed by atoms with Crippen molar-refractivity contribution < 1.29 is 0 Å². The number of thioether (sulfide) groups is 1. The van der Waals surface area contributed by atoms with Gasteiger partial charge in [0.05, 0.1) is 0 Å². The zero-order valence-electron chi connectivity index (χ0n) is 6.31. The first kappa shape index (κ1) is 8.15. The molecule has 0 unspecified atom stereocenters. The fourth-order valence-corrected chi connectivity index (χ4v) is 1.38. The Labute approximate surface area is 67.3 Å². The Morgan fingerprint density at radius 1 is 1.60 bits per heavy atom. The van der Waals surface area contributed by atoms with Crippen LogP contribution < -0.4 is 5.32 Å². The molecule has 0 spiro atoms. The Morgan fingerprint density at radius 2 is 2.40 bits per heavy atom. The summed E-state index contributed by atoms with van der Waals surface area (Å²) >= 11 is 1.94. The first-order valence-electron chi connectivity index (χ1n) is 3.85. The number of hydrogen-bond acceptors (Lipinski definition) is 2. The topological polar surface area (TPSA) is 12.0 Å². The van der Waals surface area contributed by atoms with Gasteiger partial charge in [0.1, 0.15) is 0 Å². The molecular formula is C8H15NS. The van der Waals surface area contributed by atoms with Gasteiger partial charge in [-0.05, 0) is 12.8 Å². The second-order valence-corrected chi connectivity index (χ2v) is 3.74. The van der Waals surface area contributed by atoms with E-state index in [4.69, 9.17) is 0 Å². The molecular weight excluding hydrogens is 142 g/mol. The van der Waals surface area contributed by atoms with Crippen LogP contribution in [0.15, 0.2) is 12.7 Å². The molecule has 1 aliphatic carbocycles. The molecule has 1 aliphatic rings. The fourth-order valence-electron chi connectivity index (χ4n) is 0.789. The average molecular weight is 157 g/mol. The van der Waals surface area contributed by atoms with Crippen LogP contribution in [0.5, 0.6) is 0 Å². The summed E-state index contributed by atoms with van der Waals surface area (Å²) in [5, 5.41) is 3.46. The van der Waals surface area contributed by atoms with Gasteiger partial charge in [-0.3, -0.25) is 0 Å². The Kier molecular flexibility index (Phi) is 3.91. The third-order valence-electron chi connectivity index (χ3n) is 1.49. The number of rotatable bonds is 6. The molecule has 10 heavy (non-hydrogen) atoms. The molecule has 0 radical (unpaired) electrons. The minimum atomic E-state index is 0.865. The van der Waals surface area contributed by atoms with E-state index in [1.165, 1.54) is 25.1 Å². The molecule has 2 heteroatoms. The van der Waals surface area contributed by atoms with E-state index in [-0.39, 0.29) is 0 Å². The molecule has 0 aliphatic heterocycles. The van der Waals surface area contributed by atoms with Gasteiger partial charge in [-0.15, -0.1) is 6.58 Å². The maximum atomic E-state index is 3.66. The van der Waals surface area contributed by atoms with E-state index in [1.54, 1.807) is 0 Å². The molecule has 0 aromatic rings. The van der Waals surface area contributed by atoms with Gasteiger partial charge in [-0.2, -0.15) is 11.8 Å². The number of nitrogens with one attached hydrogen (secondary N) is 1. The van der Waals surface area contributed by atoms with Crippen LogP contribution >= 0.6 is 11.8 Å². The maximum absolute atomic E-state index is 3.66. The van der Waals surface area contributed by atoms with Gasteiger partial charge in [0.2, 0.25) is 0 Å². The summed E-state index contributed by atoms with van der Waals surface area (Å²) in [4.78, 5) is 0. The molecule has 1 rings (SSSR count). The lowest BCUT2D eigenvalue weighted by atomic mass is 10.6. The molecule has 0 amide bonds. The predicted octanol–water partition coefficient (Wildman–Crippen LogP) is 1.66. The highest BCUT2D eigenvalue weighted by Gasteiger charge is 2.19. The lowest BCUT2D eigenvalue weighted by molar-refractivity contribution is 0.726. The van der Waals surface area contributed by atoms with Gasteiger partial charge < -0.3 is 5.32 Å². The monoisotopic (exact) mass is 157 g/mol. The third kappa shape index (κ3) is 3.96. The molecule has 0 aromatic heterocycles. The van der Waals surface area contributed by atoms with Crippen molar-refractivity contribution in [3.05, 3.63) is 12.7 Å². The summed E-state index contributed by atoms with van der Waals surface area (Å²) in [6.07, 6.45) is 4.75. The molecule has 58 valence electrons. The van der Waals surface area contributed by atoms with Crippen molar-refractivity contribution in [2.45, 2.75) is 18.9 Å². The molecule has 1 fully saturated rings. The van der Waals surface area contributed by atoms with E-state index >= 15 is 0 Å². The van der Waals surface area contributed by atoms with Crippen LogP contribution in [0.3, 0.4) is 0 Å². The largest absolute Gasteiger partial charge is 0.313 e. The second-order valence-electron chi connectivity index (χ2n) is 2.59. The van der Waals surface area contributed by atoms with E-state index in [9.17, 15) is 0 Å². The van der Waals surface area contributed by atoms with Crippen LogP contribution in [0.2, 0.25) is 0 Å². The van der Waals surface area contributed by atoms with Crippen LogP contribution in [-0.4, -0.2) is 24.1 Å². The van der Waals surface area contributed by atoms with Crippen molar-refractivity contribution in [3.8, 4) is 0 Å². The SMILES string of the molecule is C=CCSCCNC1CC1. The highest BCUT2D eigenvalue weighted by Crippen LogP contribution is 2.18. The van der Waals surface area contributed by atoms with E-state index in [2.05, 4.69) is 11.9 Å². The second kappa shape index (κ2) is 4.80.